The minimum Gasteiger partial charge on any atom is -0.492 e. The average Bonchev–Trinajstić information content (AvgIpc) is 3.19. The lowest BCUT2D eigenvalue weighted by Gasteiger charge is -2.07. The summed E-state index contributed by atoms with van der Waals surface area (Å²) in [7, 11) is 0. The maximum Gasteiger partial charge on any atom is 0.275 e. The summed E-state index contributed by atoms with van der Waals surface area (Å²) in [4.78, 5) is 29.2. The summed E-state index contributed by atoms with van der Waals surface area (Å²) in [5, 5.41) is 14.3. The molecule has 0 unspecified atom stereocenters. The maximum atomic E-state index is 12.5. The van der Waals surface area contributed by atoms with Gasteiger partial charge in [-0.25, -0.2) is 0 Å². The van der Waals surface area contributed by atoms with Crippen LogP contribution in [0.2, 0.25) is 0 Å². The Bertz CT molecular complexity index is 1060. The molecule has 8 nitrogen and oxygen atoms in total. The van der Waals surface area contributed by atoms with Gasteiger partial charge in [0.2, 0.25) is 12.7 Å². The van der Waals surface area contributed by atoms with Gasteiger partial charge in [-0.1, -0.05) is 6.07 Å². The summed E-state index contributed by atoms with van der Waals surface area (Å²) >= 11 is 1.22. The fraction of sp³-hybridized carbons (Fsp3) is 0.188. The zero-order valence-electron chi connectivity index (χ0n) is 13.1. The molecule has 0 bridgehead atoms. The van der Waals surface area contributed by atoms with E-state index in [-0.39, 0.29) is 18.9 Å². The number of thiazole rings is 1. The standard InChI is InChI=1S/C16H13N3O5S/c1-8-6-25-16-18-14(21)12(15(22)19(8)16)13(20)17-5-9-2-3-10-11(4-9)24-7-23-10/h2-4,6,21H,5,7H2,1H3,(H,17,20). The normalized spacial score (nSPS) is 12.5. The molecule has 0 saturated heterocycles. The van der Waals surface area contributed by atoms with Gasteiger partial charge in [-0.2, -0.15) is 4.98 Å². The van der Waals surface area contributed by atoms with E-state index in [1.165, 1.54) is 15.7 Å². The molecule has 0 fully saturated rings. The van der Waals surface area contributed by atoms with Gasteiger partial charge in [0, 0.05) is 17.6 Å². The molecule has 0 atom stereocenters. The zero-order chi connectivity index (χ0) is 17.6. The Labute approximate surface area is 145 Å². The van der Waals surface area contributed by atoms with Crippen molar-refractivity contribution in [3.05, 3.63) is 50.8 Å². The number of carbonyl (C=O) groups is 1. The van der Waals surface area contributed by atoms with Crippen molar-refractivity contribution in [3.8, 4) is 17.4 Å². The SMILES string of the molecule is Cc1csc2nc(O)c(C(=O)NCc3ccc4c(c3)OCO4)c(=O)n12. The highest BCUT2D eigenvalue weighted by molar-refractivity contribution is 7.15. The van der Waals surface area contributed by atoms with E-state index in [1.807, 2.05) is 0 Å². The van der Waals surface area contributed by atoms with Crippen LogP contribution in [0.3, 0.4) is 0 Å². The highest BCUT2D eigenvalue weighted by Gasteiger charge is 2.21. The summed E-state index contributed by atoms with van der Waals surface area (Å²) in [6.45, 7) is 2.07. The number of benzene rings is 1. The largest absolute Gasteiger partial charge is 0.492 e. The van der Waals surface area contributed by atoms with Crippen molar-refractivity contribution in [1.82, 2.24) is 14.7 Å². The first-order chi connectivity index (χ1) is 12.0. The number of aromatic nitrogens is 2. The molecule has 0 saturated carbocycles. The smallest absolute Gasteiger partial charge is 0.275 e. The molecular formula is C16H13N3O5S. The van der Waals surface area contributed by atoms with Crippen LogP contribution in [0.1, 0.15) is 21.6 Å². The molecule has 2 aromatic heterocycles. The second-order valence-corrected chi connectivity index (χ2v) is 6.32. The molecule has 0 spiro atoms. The third-order valence-corrected chi connectivity index (χ3v) is 4.78. The molecular weight excluding hydrogens is 346 g/mol. The number of hydrogen-bond acceptors (Lipinski definition) is 7. The van der Waals surface area contributed by atoms with E-state index in [4.69, 9.17) is 9.47 Å². The Morgan fingerprint density at radius 3 is 3.04 bits per heavy atom. The Kier molecular flexibility index (Phi) is 3.57. The minimum absolute atomic E-state index is 0.166. The first-order valence-electron chi connectivity index (χ1n) is 7.41. The van der Waals surface area contributed by atoms with E-state index in [9.17, 15) is 14.7 Å². The summed E-state index contributed by atoms with van der Waals surface area (Å²) < 4.78 is 11.8. The number of hydrogen-bond donors (Lipinski definition) is 2. The number of aromatic hydroxyl groups is 1. The highest BCUT2D eigenvalue weighted by Crippen LogP contribution is 2.32. The van der Waals surface area contributed by atoms with Crippen LogP contribution in [0.4, 0.5) is 0 Å². The van der Waals surface area contributed by atoms with Crippen LogP contribution in [0.15, 0.2) is 28.4 Å². The van der Waals surface area contributed by atoms with Crippen molar-refractivity contribution in [3.63, 3.8) is 0 Å². The average molecular weight is 359 g/mol. The Balaban J connectivity index is 1.60. The zero-order valence-corrected chi connectivity index (χ0v) is 13.9. The summed E-state index contributed by atoms with van der Waals surface area (Å²) in [5.74, 6) is -0.0112. The number of nitrogens with one attached hydrogen (secondary N) is 1. The molecule has 25 heavy (non-hydrogen) atoms. The van der Waals surface area contributed by atoms with Crippen LogP contribution < -0.4 is 20.3 Å². The van der Waals surface area contributed by atoms with E-state index in [1.54, 1.807) is 30.5 Å². The number of nitrogens with zero attached hydrogens (tertiary/aromatic N) is 2. The lowest BCUT2D eigenvalue weighted by molar-refractivity contribution is 0.0945. The lowest BCUT2D eigenvalue weighted by atomic mass is 10.2. The second kappa shape index (κ2) is 5.78. The van der Waals surface area contributed by atoms with E-state index >= 15 is 0 Å². The molecule has 2 N–H and O–H groups in total. The van der Waals surface area contributed by atoms with Gasteiger partial charge in [-0.15, -0.1) is 11.3 Å². The predicted octanol–water partition coefficient (Wildman–Crippen LogP) is 1.43. The minimum atomic E-state index is -0.687. The van der Waals surface area contributed by atoms with Gasteiger partial charge in [-0.05, 0) is 24.6 Å². The first-order valence-corrected chi connectivity index (χ1v) is 8.29. The molecule has 9 heteroatoms. The number of fused-ring (bicyclic) bond motifs is 2. The van der Waals surface area contributed by atoms with Crippen molar-refractivity contribution in [1.29, 1.82) is 0 Å². The Morgan fingerprint density at radius 2 is 2.20 bits per heavy atom. The monoisotopic (exact) mass is 359 g/mol. The lowest BCUT2D eigenvalue weighted by Crippen LogP contribution is -2.31. The number of ether oxygens (including phenoxy) is 2. The number of amides is 1. The van der Waals surface area contributed by atoms with Gasteiger partial charge < -0.3 is 19.9 Å². The van der Waals surface area contributed by atoms with Crippen LogP contribution in [0, 0.1) is 6.92 Å². The summed E-state index contributed by atoms with van der Waals surface area (Å²) in [5.41, 5.74) is 0.462. The van der Waals surface area contributed by atoms with Crippen molar-refractivity contribution < 1.29 is 19.4 Å². The molecule has 128 valence electrons. The van der Waals surface area contributed by atoms with E-state index in [0.717, 1.165) is 5.56 Å². The van der Waals surface area contributed by atoms with Crippen LogP contribution in [0.25, 0.3) is 4.96 Å². The van der Waals surface area contributed by atoms with E-state index in [0.29, 0.717) is 22.2 Å². The van der Waals surface area contributed by atoms with Crippen molar-refractivity contribution in [2.24, 2.45) is 0 Å². The molecule has 4 rings (SSSR count). The van der Waals surface area contributed by atoms with Gasteiger partial charge in [-0.3, -0.25) is 14.0 Å². The Morgan fingerprint density at radius 1 is 1.40 bits per heavy atom. The van der Waals surface area contributed by atoms with Crippen LogP contribution in [-0.4, -0.2) is 27.2 Å². The van der Waals surface area contributed by atoms with Crippen LogP contribution in [-0.2, 0) is 6.54 Å². The van der Waals surface area contributed by atoms with Crippen molar-refractivity contribution >= 4 is 22.2 Å². The first kappa shape index (κ1) is 15.5. The van der Waals surface area contributed by atoms with Crippen molar-refractivity contribution in [2.75, 3.05) is 6.79 Å². The Hall–Kier alpha value is -3.07. The van der Waals surface area contributed by atoms with Crippen LogP contribution in [0.5, 0.6) is 17.4 Å². The summed E-state index contributed by atoms with van der Waals surface area (Å²) in [6.07, 6.45) is 0. The molecule has 0 aliphatic carbocycles. The molecule has 3 heterocycles. The highest BCUT2D eigenvalue weighted by atomic mass is 32.1. The fourth-order valence-corrected chi connectivity index (χ4v) is 3.44. The van der Waals surface area contributed by atoms with Crippen LogP contribution >= 0.6 is 11.3 Å². The summed E-state index contributed by atoms with van der Waals surface area (Å²) in [6, 6.07) is 5.28. The van der Waals surface area contributed by atoms with Gasteiger partial charge >= 0.3 is 0 Å². The number of rotatable bonds is 3. The fourth-order valence-electron chi connectivity index (χ4n) is 2.59. The van der Waals surface area contributed by atoms with E-state index in [2.05, 4.69) is 10.3 Å². The molecule has 1 amide bonds. The quantitative estimate of drug-likeness (QED) is 0.733. The predicted molar refractivity (Wildman–Crippen MR) is 89.5 cm³/mol. The number of carbonyl (C=O) groups excluding carboxylic acids is 1. The van der Waals surface area contributed by atoms with Gasteiger partial charge in [0.25, 0.3) is 11.5 Å². The second-order valence-electron chi connectivity index (χ2n) is 5.48. The van der Waals surface area contributed by atoms with Gasteiger partial charge in [0.15, 0.2) is 22.0 Å². The topological polar surface area (TPSA) is 102 Å². The van der Waals surface area contributed by atoms with Gasteiger partial charge in [0.1, 0.15) is 0 Å². The van der Waals surface area contributed by atoms with Crippen molar-refractivity contribution in [2.45, 2.75) is 13.5 Å². The molecule has 3 aromatic rings. The maximum absolute atomic E-state index is 12.5. The molecule has 1 aromatic carbocycles. The van der Waals surface area contributed by atoms with E-state index < -0.39 is 17.3 Å². The molecule has 1 aliphatic heterocycles. The van der Waals surface area contributed by atoms with Gasteiger partial charge in [0.05, 0.1) is 0 Å². The number of aryl methyl sites for hydroxylation is 1. The third-order valence-electron chi connectivity index (χ3n) is 3.84. The molecule has 0 radical (unpaired) electrons. The third kappa shape index (κ3) is 2.58. The molecule has 1 aliphatic rings.